The van der Waals surface area contributed by atoms with Crippen LogP contribution in [0.5, 0.6) is 0 Å². The van der Waals surface area contributed by atoms with Crippen LogP contribution in [0, 0.1) is 17.7 Å². The molecule has 9 nitrogen and oxygen atoms in total. The average molecular weight is 591 g/mol. The van der Waals surface area contributed by atoms with Gasteiger partial charge in [0.1, 0.15) is 5.82 Å². The summed E-state index contributed by atoms with van der Waals surface area (Å²) in [4.78, 5) is 26.5. The lowest BCUT2D eigenvalue weighted by molar-refractivity contribution is -0.242. The maximum Gasteiger partial charge on any atom is 0.427 e. The van der Waals surface area contributed by atoms with E-state index in [9.17, 15) is 35.6 Å². The fourth-order valence-corrected chi connectivity index (χ4v) is 6.11. The van der Waals surface area contributed by atoms with E-state index in [1.165, 1.54) is 12.1 Å². The highest BCUT2D eigenvalue weighted by atomic mass is 32.2. The van der Waals surface area contributed by atoms with Crippen molar-refractivity contribution in [2.75, 3.05) is 42.8 Å². The van der Waals surface area contributed by atoms with Crippen molar-refractivity contribution in [1.29, 1.82) is 0 Å². The van der Waals surface area contributed by atoms with E-state index in [4.69, 9.17) is 0 Å². The van der Waals surface area contributed by atoms with Crippen molar-refractivity contribution < 1.29 is 43.2 Å². The molecular formula is C26H34F4N4O5S. The number of likely N-dealkylation sites (tertiary alicyclic amines) is 1. The number of carbonyl (C=O) groups is 2. The Balaban J connectivity index is 0.00000308. The van der Waals surface area contributed by atoms with E-state index in [1.54, 1.807) is 6.07 Å². The maximum atomic E-state index is 13.6. The van der Waals surface area contributed by atoms with Crippen LogP contribution in [0.15, 0.2) is 47.4 Å². The molecule has 0 spiro atoms. The predicted molar refractivity (Wildman–Crippen MR) is 143 cm³/mol. The van der Waals surface area contributed by atoms with E-state index in [1.807, 2.05) is 11.9 Å². The zero-order chi connectivity index (χ0) is 29.5. The molecule has 2 amide bonds. The fraction of sp³-hybridized carbons (Fsp3) is 0.462. The molecule has 0 radical (unpaired) electrons. The lowest BCUT2D eigenvalue weighted by Gasteiger charge is -2.37. The normalized spacial score (nSPS) is 18.5. The minimum Gasteiger partial charge on any atom is -0.434 e. The number of halogens is 4. The monoisotopic (exact) mass is 590 g/mol. The first-order valence-electron chi connectivity index (χ1n) is 12.5. The maximum absolute atomic E-state index is 13.6. The van der Waals surface area contributed by atoms with Gasteiger partial charge in [0.25, 0.3) is 10.0 Å². The fourth-order valence-electron chi connectivity index (χ4n) is 4.54. The summed E-state index contributed by atoms with van der Waals surface area (Å²) in [6, 6.07) is 8.60. The number of fused-ring (bicyclic) bond motifs is 1. The van der Waals surface area contributed by atoms with Gasteiger partial charge in [-0.1, -0.05) is 6.07 Å². The van der Waals surface area contributed by atoms with Gasteiger partial charge in [-0.3, -0.25) is 14.4 Å². The molecule has 2 aromatic carbocycles. The molecule has 1 atom stereocenters. The summed E-state index contributed by atoms with van der Waals surface area (Å²) >= 11 is 0. The van der Waals surface area contributed by atoms with Crippen molar-refractivity contribution >= 4 is 33.4 Å². The number of hydrogen-bond acceptors (Lipinski definition) is 6. The molecule has 2 aliphatic rings. The van der Waals surface area contributed by atoms with E-state index in [0.29, 0.717) is 38.9 Å². The van der Waals surface area contributed by atoms with Gasteiger partial charge >= 0.3 is 12.3 Å². The smallest absolute Gasteiger partial charge is 0.427 e. The minimum atomic E-state index is -4.81. The number of alkyl halides is 3. The third-order valence-corrected chi connectivity index (χ3v) is 8.76. The molecule has 222 valence electrons. The highest BCUT2D eigenvalue weighted by Crippen LogP contribution is 2.37. The minimum absolute atomic E-state index is 0. The second-order valence-corrected chi connectivity index (χ2v) is 12.5. The molecule has 2 aliphatic heterocycles. The Labute approximate surface area is 232 Å². The zero-order valence-electron chi connectivity index (χ0n) is 22.1. The van der Waals surface area contributed by atoms with Gasteiger partial charge in [-0.25, -0.2) is 17.6 Å². The highest BCUT2D eigenvalue weighted by Gasteiger charge is 2.51. The second kappa shape index (κ2) is 10.9. The van der Waals surface area contributed by atoms with Gasteiger partial charge in [-0.15, -0.1) is 0 Å². The SMILES string of the molecule is CN1CC(C(=O)NC[C@@H]2Cc3ccc(NC(=O)OC(C)(C)C(F)(F)F)cc3N(S(=O)(=O)c3ccc(F)cc3)C2)C1.[HH].[HH]. The molecule has 0 bridgehead atoms. The van der Waals surface area contributed by atoms with Gasteiger partial charge in [0.05, 0.1) is 16.5 Å². The summed E-state index contributed by atoms with van der Waals surface area (Å²) in [5.41, 5.74) is -1.97. The van der Waals surface area contributed by atoms with E-state index < -0.39 is 33.7 Å². The van der Waals surface area contributed by atoms with Crippen LogP contribution in [0.25, 0.3) is 0 Å². The number of ether oxygens (including phenoxy) is 1. The summed E-state index contributed by atoms with van der Waals surface area (Å²) in [5.74, 6) is -1.17. The van der Waals surface area contributed by atoms with Crippen LogP contribution in [0.4, 0.5) is 33.7 Å². The Bertz CT molecular complexity index is 1390. The van der Waals surface area contributed by atoms with Crippen molar-refractivity contribution in [3.63, 3.8) is 0 Å². The van der Waals surface area contributed by atoms with Crippen LogP contribution in [0.3, 0.4) is 0 Å². The van der Waals surface area contributed by atoms with Gasteiger partial charge in [0.2, 0.25) is 11.5 Å². The van der Waals surface area contributed by atoms with Crippen LogP contribution in [-0.2, 0) is 26.0 Å². The van der Waals surface area contributed by atoms with E-state index in [-0.39, 0.29) is 50.0 Å². The predicted octanol–water partition coefficient (Wildman–Crippen LogP) is 4.25. The Kier molecular flexibility index (Phi) is 8.05. The molecule has 2 aromatic rings. The molecule has 0 unspecified atom stereocenters. The van der Waals surface area contributed by atoms with Crippen LogP contribution >= 0.6 is 0 Å². The topological polar surface area (TPSA) is 108 Å². The molecule has 2 N–H and O–H groups in total. The summed E-state index contributed by atoms with van der Waals surface area (Å²) in [6.45, 7) is 2.88. The van der Waals surface area contributed by atoms with Crippen molar-refractivity contribution in [2.24, 2.45) is 11.8 Å². The van der Waals surface area contributed by atoms with Crippen LogP contribution in [0.2, 0.25) is 0 Å². The molecule has 14 heteroatoms. The summed E-state index contributed by atoms with van der Waals surface area (Å²) < 4.78 is 85.9. The third kappa shape index (κ3) is 6.33. The van der Waals surface area contributed by atoms with Gasteiger partial charge in [-0.2, -0.15) is 13.2 Å². The molecule has 0 aromatic heterocycles. The summed E-state index contributed by atoms with van der Waals surface area (Å²) in [5, 5.41) is 5.12. The Morgan fingerprint density at radius 1 is 1.07 bits per heavy atom. The number of benzene rings is 2. The standard InChI is InChI=1S/C26H30F4N4O5S.2H2/c1-25(2,26(28,29)30)39-24(36)32-20-7-4-17-10-16(12-31-23(35)18-14-33(3)15-18)13-34(22(17)11-20)40(37,38)21-8-5-19(27)6-9-21;;/h4-9,11,16,18H,10,12-15H2,1-3H3,(H,31,35)(H,32,36);2*1H/t16-;;/m0../s1. The highest BCUT2D eigenvalue weighted by molar-refractivity contribution is 7.92. The molecule has 40 heavy (non-hydrogen) atoms. The Morgan fingerprint density at radius 3 is 2.33 bits per heavy atom. The molecule has 1 saturated heterocycles. The summed E-state index contributed by atoms with van der Waals surface area (Å²) in [7, 11) is -2.32. The molecule has 0 saturated carbocycles. The third-order valence-electron chi connectivity index (χ3n) is 6.97. The Morgan fingerprint density at radius 2 is 1.73 bits per heavy atom. The first kappa shape index (κ1) is 29.6. The molecule has 4 rings (SSSR count). The number of hydrogen-bond donors (Lipinski definition) is 2. The number of anilines is 2. The van der Waals surface area contributed by atoms with Gasteiger partial charge < -0.3 is 15.0 Å². The van der Waals surface area contributed by atoms with Crippen molar-refractivity contribution in [3.8, 4) is 0 Å². The molecule has 2 heterocycles. The number of nitrogens with one attached hydrogen (secondary N) is 2. The van der Waals surface area contributed by atoms with Crippen LogP contribution in [0.1, 0.15) is 22.3 Å². The number of sulfonamides is 1. The van der Waals surface area contributed by atoms with Crippen molar-refractivity contribution in [2.45, 2.75) is 36.9 Å². The molecular weight excluding hydrogens is 556 g/mol. The van der Waals surface area contributed by atoms with Crippen molar-refractivity contribution in [1.82, 2.24) is 10.2 Å². The van der Waals surface area contributed by atoms with Gasteiger partial charge in [0.15, 0.2) is 0 Å². The number of nitrogens with zero attached hydrogens (tertiary/aromatic N) is 2. The van der Waals surface area contributed by atoms with E-state index in [0.717, 1.165) is 28.6 Å². The molecule has 0 aliphatic carbocycles. The van der Waals surface area contributed by atoms with Crippen LogP contribution in [-0.4, -0.2) is 70.3 Å². The number of carbonyl (C=O) groups excluding carboxylic acids is 2. The van der Waals surface area contributed by atoms with Crippen LogP contribution < -0.4 is 14.9 Å². The lowest BCUT2D eigenvalue weighted by atomic mass is 9.93. The summed E-state index contributed by atoms with van der Waals surface area (Å²) in [6.07, 6.45) is -5.78. The Hall–Kier alpha value is -3.39. The van der Waals surface area contributed by atoms with Gasteiger partial charge in [-0.05, 0) is 75.2 Å². The number of rotatable bonds is 7. The second-order valence-electron chi connectivity index (χ2n) is 10.6. The first-order valence-corrected chi connectivity index (χ1v) is 13.9. The average Bonchev–Trinajstić information content (AvgIpc) is 2.84. The molecule has 1 fully saturated rings. The lowest BCUT2D eigenvalue weighted by Crippen LogP contribution is -2.53. The van der Waals surface area contributed by atoms with E-state index >= 15 is 0 Å². The quantitative estimate of drug-likeness (QED) is 0.467. The largest absolute Gasteiger partial charge is 0.434 e. The number of amides is 2. The zero-order valence-corrected chi connectivity index (χ0v) is 22.9. The van der Waals surface area contributed by atoms with E-state index in [2.05, 4.69) is 15.4 Å². The van der Waals surface area contributed by atoms with Gasteiger partial charge in [0, 0.05) is 34.7 Å². The van der Waals surface area contributed by atoms with Crippen molar-refractivity contribution in [3.05, 3.63) is 53.8 Å². The first-order chi connectivity index (χ1) is 18.6.